The van der Waals surface area contributed by atoms with Crippen LogP contribution in [-0.4, -0.2) is 24.0 Å². The van der Waals surface area contributed by atoms with Crippen LogP contribution in [0.2, 0.25) is 0 Å². The van der Waals surface area contributed by atoms with Crippen LogP contribution in [0.3, 0.4) is 0 Å². The quantitative estimate of drug-likeness (QED) is 0.663. The van der Waals surface area contributed by atoms with Gasteiger partial charge in [0, 0.05) is 18.8 Å². The number of guanidine groups is 1. The van der Waals surface area contributed by atoms with Crippen molar-refractivity contribution in [2.45, 2.75) is 59.0 Å². The lowest BCUT2D eigenvalue weighted by Gasteiger charge is -2.32. The van der Waals surface area contributed by atoms with Crippen LogP contribution in [0.25, 0.3) is 0 Å². The van der Waals surface area contributed by atoms with Gasteiger partial charge in [-0.1, -0.05) is 19.9 Å². The molecule has 1 saturated carbocycles. The number of aliphatic imine (C=N–C) groups is 1. The Kier molecular flexibility index (Phi) is 6.22. The van der Waals surface area contributed by atoms with Crippen molar-refractivity contribution < 1.29 is 0 Å². The lowest BCUT2D eigenvalue weighted by molar-refractivity contribution is 0.250. The summed E-state index contributed by atoms with van der Waals surface area (Å²) in [5, 5.41) is 6.93. The van der Waals surface area contributed by atoms with E-state index < -0.39 is 0 Å². The standard InChI is InChI=1S/C18H30N4/c1-13(2)15-8-10-16(11-9-15)22-18(19-4)20-12-17-7-5-6-14(3)21-17/h5-7,13,15-16H,8-12H2,1-4H3,(H2,19,20,22). The molecule has 1 fully saturated rings. The number of rotatable bonds is 4. The van der Waals surface area contributed by atoms with Gasteiger partial charge in [0.05, 0.1) is 12.2 Å². The Morgan fingerprint density at radius 2 is 2.00 bits per heavy atom. The molecule has 0 spiro atoms. The molecule has 0 unspecified atom stereocenters. The Labute approximate surface area is 134 Å². The molecule has 1 aliphatic carbocycles. The second-order valence-electron chi connectivity index (χ2n) is 6.70. The van der Waals surface area contributed by atoms with E-state index in [0.717, 1.165) is 29.2 Å². The van der Waals surface area contributed by atoms with Gasteiger partial charge in [-0.25, -0.2) is 0 Å². The van der Waals surface area contributed by atoms with Crippen molar-refractivity contribution in [2.24, 2.45) is 16.8 Å². The molecule has 0 atom stereocenters. The smallest absolute Gasteiger partial charge is 0.191 e. The first-order valence-electron chi connectivity index (χ1n) is 8.48. The largest absolute Gasteiger partial charge is 0.354 e. The van der Waals surface area contributed by atoms with Crippen molar-refractivity contribution in [1.82, 2.24) is 15.6 Å². The summed E-state index contributed by atoms with van der Waals surface area (Å²) in [7, 11) is 1.83. The zero-order chi connectivity index (χ0) is 15.9. The van der Waals surface area contributed by atoms with E-state index in [-0.39, 0.29) is 0 Å². The molecule has 22 heavy (non-hydrogen) atoms. The van der Waals surface area contributed by atoms with Gasteiger partial charge >= 0.3 is 0 Å². The molecule has 0 saturated heterocycles. The molecule has 1 aliphatic rings. The van der Waals surface area contributed by atoms with Gasteiger partial charge < -0.3 is 10.6 Å². The molecular weight excluding hydrogens is 272 g/mol. The SMILES string of the molecule is CN=C(NCc1cccc(C)n1)NC1CCC(C(C)C)CC1. The van der Waals surface area contributed by atoms with Crippen molar-refractivity contribution in [2.75, 3.05) is 7.05 Å². The highest BCUT2D eigenvalue weighted by atomic mass is 15.2. The monoisotopic (exact) mass is 302 g/mol. The molecule has 4 heteroatoms. The fourth-order valence-electron chi connectivity index (χ4n) is 3.19. The normalized spacial score (nSPS) is 22.7. The van der Waals surface area contributed by atoms with Gasteiger partial charge in [-0.3, -0.25) is 9.98 Å². The number of nitrogens with one attached hydrogen (secondary N) is 2. The number of aromatic nitrogens is 1. The van der Waals surface area contributed by atoms with Gasteiger partial charge in [0.25, 0.3) is 0 Å². The average Bonchev–Trinajstić information content (AvgIpc) is 2.52. The molecule has 0 bridgehead atoms. The predicted molar refractivity (Wildman–Crippen MR) is 92.9 cm³/mol. The summed E-state index contributed by atoms with van der Waals surface area (Å²) in [5.74, 6) is 2.59. The third-order valence-electron chi connectivity index (χ3n) is 4.66. The van der Waals surface area contributed by atoms with E-state index in [1.807, 2.05) is 32.2 Å². The number of nitrogens with zero attached hydrogens (tertiary/aromatic N) is 2. The first-order valence-corrected chi connectivity index (χ1v) is 8.48. The van der Waals surface area contributed by atoms with E-state index in [1.54, 1.807) is 0 Å². The Morgan fingerprint density at radius 1 is 1.27 bits per heavy atom. The van der Waals surface area contributed by atoms with E-state index in [0.29, 0.717) is 12.6 Å². The van der Waals surface area contributed by atoms with Crippen LogP contribution in [-0.2, 0) is 6.54 Å². The molecular formula is C18H30N4. The highest BCUT2D eigenvalue weighted by Crippen LogP contribution is 2.29. The topological polar surface area (TPSA) is 49.3 Å². The Bertz CT molecular complexity index is 488. The molecule has 1 aromatic heterocycles. The lowest BCUT2D eigenvalue weighted by Crippen LogP contribution is -2.44. The third-order valence-corrected chi connectivity index (χ3v) is 4.66. The number of hydrogen-bond donors (Lipinski definition) is 2. The summed E-state index contributed by atoms with van der Waals surface area (Å²) in [6.07, 6.45) is 5.13. The van der Waals surface area contributed by atoms with Crippen LogP contribution >= 0.6 is 0 Å². The fraction of sp³-hybridized carbons (Fsp3) is 0.667. The van der Waals surface area contributed by atoms with E-state index in [4.69, 9.17) is 0 Å². The van der Waals surface area contributed by atoms with E-state index in [9.17, 15) is 0 Å². The maximum Gasteiger partial charge on any atom is 0.191 e. The van der Waals surface area contributed by atoms with E-state index >= 15 is 0 Å². The number of aryl methyl sites for hydroxylation is 1. The summed E-state index contributed by atoms with van der Waals surface area (Å²) in [5.41, 5.74) is 2.10. The highest BCUT2D eigenvalue weighted by Gasteiger charge is 2.23. The molecule has 4 nitrogen and oxygen atoms in total. The summed E-state index contributed by atoms with van der Waals surface area (Å²) < 4.78 is 0. The number of pyridine rings is 1. The number of hydrogen-bond acceptors (Lipinski definition) is 2. The second kappa shape index (κ2) is 8.16. The van der Waals surface area contributed by atoms with Crippen LogP contribution in [0.1, 0.15) is 50.9 Å². The minimum atomic E-state index is 0.548. The second-order valence-corrected chi connectivity index (χ2v) is 6.70. The minimum absolute atomic E-state index is 0.548. The predicted octanol–water partition coefficient (Wildman–Crippen LogP) is 3.27. The molecule has 0 aliphatic heterocycles. The summed E-state index contributed by atoms with van der Waals surface area (Å²) in [6, 6.07) is 6.65. The average molecular weight is 302 g/mol. The van der Waals surface area contributed by atoms with Crippen molar-refractivity contribution in [1.29, 1.82) is 0 Å². The minimum Gasteiger partial charge on any atom is -0.354 e. The van der Waals surface area contributed by atoms with Crippen LogP contribution in [0.5, 0.6) is 0 Å². The van der Waals surface area contributed by atoms with E-state index in [2.05, 4.69) is 34.5 Å². The fourth-order valence-corrected chi connectivity index (χ4v) is 3.19. The van der Waals surface area contributed by atoms with Gasteiger partial charge in [0.2, 0.25) is 0 Å². The Balaban J connectivity index is 1.78. The molecule has 2 N–H and O–H groups in total. The Hall–Kier alpha value is -1.58. The van der Waals surface area contributed by atoms with Gasteiger partial charge in [0.15, 0.2) is 5.96 Å². The van der Waals surface area contributed by atoms with Crippen molar-refractivity contribution >= 4 is 5.96 Å². The van der Waals surface area contributed by atoms with Gasteiger partial charge in [-0.05, 0) is 56.6 Å². The van der Waals surface area contributed by atoms with E-state index in [1.165, 1.54) is 25.7 Å². The van der Waals surface area contributed by atoms with Crippen molar-refractivity contribution in [3.63, 3.8) is 0 Å². The van der Waals surface area contributed by atoms with Crippen LogP contribution in [0, 0.1) is 18.8 Å². The summed E-state index contributed by atoms with van der Waals surface area (Å²) >= 11 is 0. The molecule has 2 rings (SSSR count). The van der Waals surface area contributed by atoms with Crippen molar-refractivity contribution in [3.8, 4) is 0 Å². The van der Waals surface area contributed by atoms with Crippen LogP contribution in [0.15, 0.2) is 23.2 Å². The van der Waals surface area contributed by atoms with Crippen LogP contribution in [0.4, 0.5) is 0 Å². The molecule has 1 heterocycles. The maximum absolute atomic E-state index is 4.51. The van der Waals surface area contributed by atoms with Gasteiger partial charge in [-0.2, -0.15) is 0 Å². The molecule has 0 aromatic carbocycles. The maximum atomic E-state index is 4.51. The summed E-state index contributed by atoms with van der Waals surface area (Å²) in [4.78, 5) is 8.85. The van der Waals surface area contributed by atoms with Crippen molar-refractivity contribution in [3.05, 3.63) is 29.6 Å². The first kappa shape index (κ1) is 16.8. The third kappa shape index (κ3) is 5.00. The zero-order valence-electron chi connectivity index (χ0n) is 14.4. The highest BCUT2D eigenvalue weighted by molar-refractivity contribution is 5.79. The molecule has 122 valence electrons. The van der Waals surface area contributed by atoms with Gasteiger partial charge in [-0.15, -0.1) is 0 Å². The lowest BCUT2D eigenvalue weighted by atomic mass is 9.80. The Morgan fingerprint density at radius 3 is 2.59 bits per heavy atom. The zero-order valence-corrected chi connectivity index (χ0v) is 14.4. The summed E-state index contributed by atoms with van der Waals surface area (Å²) in [6.45, 7) is 7.41. The van der Waals surface area contributed by atoms with Gasteiger partial charge in [0.1, 0.15) is 0 Å². The molecule has 0 amide bonds. The molecule has 1 aromatic rings. The molecule has 0 radical (unpaired) electrons. The van der Waals surface area contributed by atoms with Crippen LogP contribution < -0.4 is 10.6 Å². The first-order chi connectivity index (χ1) is 10.6.